The number of ether oxygens (including phenoxy) is 1. The van der Waals surface area contributed by atoms with Gasteiger partial charge in [0.25, 0.3) is 0 Å². The van der Waals surface area contributed by atoms with Gasteiger partial charge in [0.15, 0.2) is 17.3 Å². The first-order valence-electron chi connectivity index (χ1n) is 3.46. The molecule has 0 saturated heterocycles. The van der Waals surface area contributed by atoms with E-state index in [-0.39, 0.29) is 6.61 Å². The average molecular weight is 174 g/mol. The van der Waals surface area contributed by atoms with E-state index >= 15 is 0 Å². The molecule has 0 heterocycles. The van der Waals surface area contributed by atoms with Gasteiger partial charge < -0.3 is 9.84 Å². The van der Waals surface area contributed by atoms with Gasteiger partial charge in [-0.15, -0.1) is 0 Å². The van der Waals surface area contributed by atoms with E-state index in [1.165, 1.54) is 0 Å². The van der Waals surface area contributed by atoms with Gasteiger partial charge in [-0.05, 0) is 19.1 Å². The zero-order valence-corrected chi connectivity index (χ0v) is 6.47. The molecule has 2 nitrogen and oxygen atoms in total. The smallest absolute Gasteiger partial charge is 0.204 e. The fourth-order valence-electron chi connectivity index (χ4n) is 0.803. The van der Waals surface area contributed by atoms with Gasteiger partial charge in [-0.2, -0.15) is 4.39 Å². The second-order valence-corrected chi connectivity index (χ2v) is 2.14. The van der Waals surface area contributed by atoms with Crippen LogP contribution in [0.2, 0.25) is 0 Å². The summed E-state index contributed by atoms with van der Waals surface area (Å²) in [4.78, 5) is 0. The number of hydrogen-bond acceptors (Lipinski definition) is 2. The Hall–Kier alpha value is -1.32. The molecule has 1 aromatic rings. The summed E-state index contributed by atoms with van der Waals surface area (Å²) in [7, 11) is 0. The summed E-state index contributed by atoms with van der Waals surface area (Å²) in [6.45, 7) is 1.79. The van der Waals surface area contributed by atoms with E-state index in [1.807, 2.05) is 0 Å². The maximum absolute atomic E-state index is 12.8. The van der Waals surface area contributed by atoms with Crippen LogP contribution in [0.15, 0.2) is 12.1 Å². The van der Waals surface area contributed by atoms with Crippen molar-refractivity contribution < 1.29 is 18.6 Å². The molecule has 0 amide bonds. The van der Waals surface area contributed by atoms with Crippen LogP contribution in [0.3, 0.4) is 0 Å². The van der Waals surface area contributed by atoms with Crippen molar-refractivity contribution in [2.75, 3.05) is 6.61 Å². The lowest BCUT2D eigenvalue weighted by atomic mass is 10.3. The van der Waals surface area contributed by atoms with Crippen LogP contribution in [-0.2, 0) is 0 Å². The van der Waals surface area contributed by atoms with Crippen molar-refractivity contribution in [1.82, 2.24) is 0 Å². The van der Waals surface area contributed by atoms with E-state index in [0.29, 0.717) is 0 Å². The predicted molar refractivity (Wildman–Crippen MR) is 39.2 cm³/mol. The van der Waals surface area contributed by atoms with Crippen LogP contribution in [0.4, 0.5) is 8.78 Å². The molecule has 0 saturated carbocycles. The fraction of sp³-hybridized carbons (Fsp3) is 0.250. The normalized spacial score (nSPS) is 9.92. The Morgan fingerprint density at radius 3 is 2.67 bits per heavy atom. The highest BCUT2D eigenvalue weighted by Gasteiger charge is 2.13. The first-order chi connectivity index (χ1) is 5.66. The van der Waals surface area contributed by atoms with E-state index in [2.05, 4.69) is 4.74 Å². The van der Waals surface area contributed by atoms with Crippen LogP contribution in [0, 0.1) is 11.6 Å². The topological polar surface area (TPSA) is 29.5 Å². The zero-order valence-electron chi connectivity index (χ0n) is 6.47. The van der Waals surface area contributed by atoms with Crippen molar-refractivity contribution in [3.05, 3.63) is 23.8 Å². The monoisotopic (exact) mass is 174 g/mol. The van der Waals surface area contributed by atoms with E-state index in [0.717, 1.165) is 12.1 Å². The largest absolute Gasteiger partial charge is 0.504 e. The summed E-state index contributed by atoms with van der Waals surface area (Å²) >= 11 is 0. The number of rotatable bonds is 2. The first kappa shape index (κ1) is 8.77. The lowest BCUT2D eigenvalue weighted by Crippen LogP contribution is -1.96. The number of phenols is 1. The molecule has 0 aliphatic carbocycles. The van der Waals surface area contributed by atoms with Gasteiger partial charge in [0.2, 0.25) is 5.82 Å². The summed E-state index contributed by atoms with van der Waals surface area (Å²) in [5, 5.41) is 9.02. The molecule has 0 spiro atoms. The minimum absolute atomic E-state index is 0.175. The Bertz CT molecular complexity index is 287. The van der Waals surface area contributed by atoms with Crippen LogP contribution >= 0.6 is 0 Å². The third kappa shape index (κ3) is 1.47. The van der Waals surface area contributed by atoms with Crippen molar-refractivity contribution in [3.8, 4) is 11.5 Å². The van der Waals surface area contributed by atoms with Gasteiger partial charge in [-0.3, -0.25) is 0 Å². The lowest BCUT2D eigenvalue weighted by molar-refractivity contribution is 0.293. The molecule has 0 radical (unpaired) electrons. The molecule has 1 rings (SSSR count). The predicted octanol–water partition coefficient (Wildman–Crippen LogP) is 2.07. The van der Waals surface area contributed by atoms with Crippen molar-refractivity contribution in [1.29, 1.82) is 0 Å². The molecule has 1 aromatic carbocycles. The minimum Gasteiger partial charge on any atom is -0.504 e. The summed E-state index contributed by atoms with van der Waals surface area (Å²) in [6, 6.07) is 1.89. The number of aromatic hydroxyl groups is 1. The highest BCUT2D eigenvalue weighted by atomic mass is 19.2. The average Bonchev–Trinajstić information content (AvgIpc) is 2.06. The Morgan fingerprint density at radius 2 is 2.08 bits per heavy atom. The van der Waals surface area contributed by atoms with Crippen molar-refractivity contribution in [3.63, 3.8) is 0 Å². The zero-order chi connectivity index (χ0) is 9.14. The third-order valence-electron chi connectivity index (χ3n) is 1.32. The molecule has 1 N–H and O–H groups in total. The number of halogens is 2. The summed E-state index contributed by atoms with van der Waals surface area (Å²) in [5.74, 6) is -3.01. The van der Waals surface area contributed by atoms with Gasteiger partial charge in [0.1, 0.15) is 0 Å². The van der Waals surface area contributed by atoms with E-state index < -0.39 is 23.1 Å². The molecule has 0 aromatic heterocycles. The van der Waals surface area contributed by atoms with Crippen LogP contribution < -0.4 is 4.74 Å². The molecule has 0 atom stereocenters. The quantitative estimate of drug-likeness (QED) is 0.743. The van der Waals surface area contributed by atoms with Gasteiger partial charge in [-0.1, -0.05) is 0 Å². The molecule has 4 heteroatoms. The van der Waals surface area contributed by atoms with E-state index in [4.69, 9.17) is 5.11 Å². The van der Waals surface area contributed by atoms with Crippen LogP contribution in [0.1, 0.15) is 6.92 Å². The number of hydrogen-bond donors (Lipinski definition) is 1. The Kier molecular flexibility index (Phi) is 2.47. The summed E-state index contributed by atoms with van der Waals surface area (Å²) < 4.78 is 30.0. The molecule has 0 bridgehead atoms. The van der Waals surface area contributed by atoms with Gasteiger partial charge in [0, 0.05) is 0 Å². The number of phenolic OH excluding ortho intramolecular Hbond substituents is 1. The Morgan fingerprint density at radius 1 is 1.42 bits per heavy atom. The summed E-state index contributed by atoms with van der Waals surface area (Å²) in [6.07, 6.45) is 0. The van der Waals surface area contributed by atoms with Gasteiger partial charge in [0.05, 0.1) is 6.61 Å². The molecular weight excluding hydrogens is 166 g/mol. The molecule has 0 aliphatic heterocycles. The third-order valence-corrected chi connectivity index (χ3v) is 1.32. The maximum Gasteiger partial charge on any atom is 0.204 e. The molecule has 0 unspecified atom stereocenters. The van der Waals surface area contributed by atoms with E-state index in [9.17, 15) is 8.78 Å². The van der Waals surface area contributed by atoms with Crippen molar-refractivity contribution >= 4 is 0 Å². The molecule has 66 valence electrons. The molecular formula is C8H8F2O2. The van der Waals surface area contributed by atoms with Crippen LogP contribution in [-0.4, -0.2) is 11.7 Å². The second-order valence-electron chi connectivity index (χ2n) is 2.14. The summed E-state index contributed by atoms with van der Waals surface area (Å²) in [5.41, 5.74) is 0. The molecule has 0 aliphatic rings. The Labute approximate surface area is 68.4 Å². The van der Waals surface area contributed by atoms with Crippen molar-refractivity contribution in [2.24, 2.45) is 0 Å². The molecule has 0 fully saturated rings. The van der Waals surface area contributed by atoms with E-state index in [1.54, 1.807) is 6.92 Å². The van der Waals surface area contributed by atoms with Gasteiger partial charge >= 0.3 is 0 Å². The lowest BCUT2D eigenvalue weighted by Gasteiger charge is -2.06. The minimum atomic E-state index is -1.16. The number of benzene rings is 1. The Balaban J connectivity index is 3.14. The highest BCUT2D eigenvalue weighted by molar-refractivity contribution is 5.40. The second kappa shape index (κ2) is 3.38. The standard InChI is InChI=1S/C8H8F2O2/c1-2-12-8-6(11)4-3-5(9)7(8)10/h3-4,11H,2H2,1H3. The maximum atomic E-state index is 12.8. The SMILES string of the molecule is CCOc1c(O)ccc(F)c1F. The highest BCUT2D eigenvalue weighted by Crippen LogP contribution is 2.30. The van der Waals surface area contributed by atoms with Crippen LogP contribution in [0.5, 0.6) is 11.5 Å². The molecule has 12 heavy (non-hydrogen) atoms. The first-order valence-corrected chi connectivity index (χ1v) is 3.46. The van der Waals surface area contributed by atoms with Crippen molar-refractivity contribution in [2.45, 2.75) is 6.92 Å². The van der Waals surface area contributed by atoms with Crippen LogP contribution in [0.25, 0.3) is 0 Å². The van der Waals surface area contributed by atoms with Gasteiger partial charge in [-0.25, -0.2) is 4.39 Å². The fourth-order valence-corrected chi connectivity index (χ4v) is 0.803.